The van der Waals surface area contributed by atoms with Crippen molar-refractivity contribution in [2.24, 2.45) is 0 Å². The second kappa shape index (κ2) is 3.97. The number of nitrogens with two attached hydrogens (primary N) is 1. The van der Waals surface area contributed by atoms with Crippen LogP contribution in [-0.2, 0) is 6.18 Å². The molecule has 1 aliphatic rings. The highest BCUT2D eigenvalue weighted by molar-refractivity contribution is 5.56. The molecule has 0 radical (unpaired) electrons. The Labute approximate surface area is 91.6 Å². The molecule has 0 aliphatic carbocycles. The summed E-state index contributed by atoms with van der Waals surface area (Å²) in [6.07, 6.45) is -3.53. The Morgan fingerprint density at radius 2 is 2.06 bits per heavy atom. The van der Waals surface area contributed by atoms with E-state index in [0.29, 0.717) is 12.1 Å². The maximum Gasteiger partial charge on any atom is 0.418 e. The van der Waals surface area contributed by atoms with Gasteiger partial charge in [0.1, 0.15) is 0 Å². The quantitative estimate of drug-likeness (QED) is 0.727. The first-order valence-electron chi connectivity index (χ1n) is 5.16. The molecule has 1 saturated heterocycles. The van der Waals surface area contributed by atoms with E-state index in [2.05, 4.69) is 5.32 Å². The van der Waals surface area contributed by atoms with Crippen molar-refractivity contribution < 1.29 is 13.2 Å². The van der Waals surface area contributed by atoms with Crippen LogP contribution in [-0.4, -0.2) is 13.1 Å². The number of rotatable bonds is 1. The van der Waals surface area contributed by atoms with Crippen molar-refractivity contribution in [1.29, 1.82) is 0 Å². The SMILES string of the molecule is Nc1c(C2CCNC2)cccc1C(F)(F)F. The monoisotopic (exact) mass is 230 g/mol. The molecule has 0 aromatic heterocycles. The fraction of sp³-hybridized carbons (Fsp3) is 0.455. The van der Waals surface area contributed by atoms with Gasteiger partial charge in [0.15, 0.2) is 0 Å². The van der Waals surface area contributed by atoms with E-state index in [-0.39, 0.29) is 11.6 Å². The summed E-state index contributed by atoms with van der Waals surface area (Å²) in [7, 11) is 0. The summed E-state index contributed by atoms with van der Waals surface area (Å²) in [5.74, 6) is 0.0994. The second-order valence-electron chi connectivity index (χ2n) is 4.00. The second-order valence-corrected chi connectivity index (χ2v) is 4.00. The van der Waals surface area contributed by atoms with Gasteiger partial charge in [0, 0.05) is 12.2 Å². The molecule has 0 saturated carbocycles. The number of anilines is 1. The number of benzene rings is 1. The van der Waals surface area contributed by atoms with Crippen LogP contribution in [0.4, 0.5) is 18.9 Å². The first-order valence-corrected chi connectivity index (χ1v) is 5.16. The Morgan fingerprint density at radius 3 is 2.62 bits per heavy atom. The Balaban J connectivity index is 2.40. The van der Waals surface area contributed by atoms with Crippen molar-refractivity contribution in [3.8, 4) is 0 Å². The lowest BCUT2D eigenvalue weighted by Gasteiger charge is -2.16. The van der Waals surface area contributed by atoms with Crippen LogP contribution >= 0.6 is 0 Å². The van der Waals surface area contributed by atoms with Gasteiger partial charge in [-0.1, -0.05) is 12.1 Å². The van der Waals surface area contributed by atoms with Gasteiger partial charge in [-0.05, 0) is 30.5 Å². The third kappa shape index (κ3) is 2.00. The van der Waals surface area contributed by atoms with E-state index < -0.39 is 11.7 Å². The summed E-state index contributed by atoms with van der Waals surface area (Å²) in [6, 6.07) is 4.14. The van der Waals surface area contributed by atoms with E-state index >= 15 is 0 Å². The normalized spacial score (nSPS) is 21.3. The third-order valence-electron chi connectivity index (χ3n) is 2.95. The zero-order chi connectivity index (χ0) is 11.8. The number of alkyl halides is 3. The lowest BCUT2D eigenvalue weighted by atomic mass is 9.94. The number of hydrogen-bond donors (Lipinski definition) is 2. The molecule has 16 heavy (non-hydrogen) atoms. The molecule has 0 bridgehead atoms. The Kier molecular flexibility index (Phi) is 2.80. The molecule has 2 rings (SSSR count). The first kappa shape index (κ1) is 11.3. The van der Waals surface area contributed by atoms with Crippen LogP contribution in [0.15, 0.2) is 18.2 Å². The zero-order valence-electron chi connectivity index (χ0n) is 8.64. The minimum Gasteiger partial charge on any atom is -0.398 e. The Bertz CT molecular complexity index is 381. The molecule has 3 N–H and O–H groups in total. The molecule has 1 fully saturated rings. The fourth-order valence-electron chi connectivity index (χ4n) is 2.11. The molecule has 88 valence electrons. The Morgan fingerprint density at radius 1 is 1.31 bits per heavy atom. The summed E-state index contributed by atoms with van der Waals surface area (Å²) in [5.41, 5.74) is 5.37. The first-order chi connectivity index (χ1) is 7.50. The molecular weight excluding hydrogens is 217 g/mol. The van der Waals surface area contributed by atoms with Crippen molar-refractivity contribution in [2.75, 3.05) is 18.8 Å². The van der Waals surface area contributed by atoms with Crippen LogP contribution < -0.4 is 11.1 Å². The molecule has 1 aromatic rings. The molecule has 1 aromatic carbocycles. The summed E-state index contributed by atoms with van der Waals surface area (Å²) in [4.78, 5) is 0. The number of hydrogen-bond acceptors (Lipinski definition) is 2. The molecule has 1 aliphatic heterocycles. The van der Waals surface area contributed by atoms with Crippen LogP contribution in [0.25, 0.3) is 0 Å². The number of halogens is 3. The van der Waals surface area contributed by atoms with Crippen LogP contribution in [0.5, 0.6) is 0 Å². The van der Waals surface area contributed by atoms with Gasteiger partial charge in [0.05, 0.1) is 5.56 Å². The van der Waals surface area contributed by atoms with Gasteiger partial charge in [-0.3, -0.25) is 0 Å². The molecule has 2 nitrogen and oxygen atoms in total. The van der Waals surface area contributed by atoms with Crippen molar-refractivity contribution in [1.82, 2.24) is 5.32 Å². The minimum atomic E-state index is -4.37. The highest BCUT2D eigenvalue weighted by Gasteiger charge is 2.34. The maximum atomic E-state index is 12.6. The third-order valence-corrected chi connectivity index (χ3v) is 2.95. The van der Waals surface area contributed by atoms with E-state index in [1.807, 2.05) is 0 Å². The van der Waals surface area contributed by atoms with Gasteiger partial charge >= 0.3 is 6.18 Å². The number of nitrogen functional groups attached to an aromatic ring is 1. The van der Waals surface area contributed by atoms with E-state index in [4.69, 9.17) is 5.73 Å². The van der Waals surface area contributed by atoms with Crippen molar-refractivity contribution in [2.45, 2.75) is 18.5 Å². The molecule has 0 spiro atoms. The molecule has 5 heteroatoms. The van der Waals surface area contributed by atoms with Crippen LogP contribution in [0.3, 0.4) is 0 Å². The van der Waals surface area contributed by atoms with Gasteiger partial charge in [0.2, 0.25) is 0 Å². The van der Waals surface area contributed by atoms with Crippen molar-refractivity contribution in [3.05, 3.63) is 29.3 Å². The average molecular weight is 230 g/mol. The molecule has 1 heterocycles. The minimum absolute atomic E-state index is 0.0994. The topological polar surface area (TPSA) is 38.0 Å². The summed E-state index contributed by atoms with van der Waals surface area (Å²) >= 11 is 0. The van der Waals surface area contributed by atoms with Gasteiger partial charge in [-0.25, -0.2) is 0 Å². The maximum absolute atomic E-state index is 12.6. The predicted molar refractivity (Wildman–Crippen MR) is 56.1 cm³/mol. The van der Waals surface area contributed by atoms with Gasteiger partial charge in [-0.15, -0.1) is 0 Å². The predicted octanol–water partition coefficient (Wildman–Crippen LogP) is 2.36. The summed E-state index contributed by atoms with van der Waals surface area (Å²) in [5, 5.41) is 3.12. The number of para-hydroxylation sites is 1. The lowest BCUT2D eigenvalue weighted by molar-refractivity contribution is -0.136. The molecule has 1 unspecified atom stereocenters. The van der Waals surface area contributed by atoms with Gasteiger partial charge in [0.25, 0.3) is 0 Å². The van der Waals surface area contributed by atoms with Gasteiger partial charge < -0.3 is 11.1 Å². The summed E-state index contributed by atoms with van der Waals surface area (Å²) < 4.78 is 37.9. The summed E-state index contributed by atoms with van der Waals surface area (Å²) in [6.45, 7) is 1.53. The van der Waals surface area contributed by atoms with Crippen molar-refractivity contribution >= 4 is 5.69 Å². The van der Waals surface area contributed by atoms with E-state index in [1.54, 1.807) is 6.07 Å². The lowest BCUT2D eigenvalue weighted by Crippen LogP contribution is -2.14. The van der Waals surface area contributed by atoms with E-state index in [0.717, 1.165) is 19.0 Å². The smallest absolute Gasteiger partial charge is 0.398 e. The molecule has 1 atom stereocenters. The average Bonchev–Trinajstić information content (AvgIpc) is 2.69. The van der Waals surface area contributed by atoms with Gasteiger partial charge in [-0.2, -0.15) is 13.2 Å². The Hall–Kier alpha value is -1.23. The molecule has 0 amide bonds. The van der Waals surface area contributed by atoms with Crippen LogP contribution in [0.1, 0.15) is 23.5 Å². The zero-order valence-corrected chi connectivity index (χ0v) is 8.64. The van der Waals surface area contributed by atoms with E-state index in [1.165, 1.54) is 6.07 Å². The van der Waals surface area contributed by atoms with Crippen molar-refractivity contribution in [3.63, 3.8) is 0 Å². The van der Waals surface area contributed by atoms with Crippen LogP contribution in [0, 0.1) is 0 Å². The largest absolute Gasteiger partial charge is 0.418 e. The highest BCUT2D eigenvalue weighted by atomic mass is 19.4. The standard InChI is InChI=1S/C11H13F3N2/c12-11(13,14)9-3-1-2-8(10(9)15)7-4-5-16-6-7/h1-3,7,16H,4-6,15H2. The van der Waals surface area contributed by atoms with E-state index in [9.17, 15) is 13.2 Å². The fourth-order valence-corrected chi connectivity index (χ4v) is 2.11. The number of nitrogens with one attached hydrogen (secondary N) is 1. The molecular formula is C11H13F3N2. The highest BCUT2D eigenvalue weighted by Crippen LogP contribution is 2.38. The van der Waals surface area contributed by atoms with Crippen LogP contribution in [0.2, 0.25) is 0 Å².